The van der Waals surface area contributed by atoms with Gasteiger partial charge in [-0.1, -0.05) is 61.2 Å². The van der Waals surface area contributed by atoms with Crippen LogP contribution in [0.15, 0.2) is 90.1 Å². The van der Waals surface area contributed by atoms with Crippen molar-refractivity contribution in [1.82, 2.24) is 19.4 Å². The Labute approximate surface area is 249 Å². The summed E-state index contributed by atoms with van der Waals surface area (Å²) < 4.78 is 3.38. The van der Waals surface area contributed by atoms with E-state index < -0.39 is 5.60 Å². The van der Waals surface area contributed by atoms with E-state index in [-0.39, 0.29) is 17.5 Å². The lowest BCUT2D eigenvalue weighted by atomic mass is 9.82. The number of aryl methyl sites for hydroxylation is 2. The third-order valence-electron chi connectivity index (χ3n) is 8.49. The molecule has 1 atom stereocenters. The zero-order valence-corrected chi connectivity index (χ0v) is 24.4. The molecule has 2 N–H and O–H groups in total. The molecule has 0 aliphatic heterocycles. The van der Waals surface area contributed by atoms with Crippen molar-refractivity contribution in [3.05, 3.63) is 123 Å². The third kappa shape index (κ3) is 5.03. The minimum atomic E-state index is -1.60. The first-order chi connectivity index (χ1) is 20.3. The van der Waals surface area contributed by atoms with Crippen LogP contribution in [0.1, 0.15) is 59.3 Å². The van der Waals surface area contributed by atoms with Gasteiger partial charge < -0.3 is 19.6 Å². The first-order valence-electron chi connectivity index (χ1n) is 14.3. The Morgan fingerprint density at radius 3 is 2.40 bits per heavy atom. The number of aliphatic hydroxyl groups is 1. The molecule has 1 fully saturated rings. The molecule has 7 nitrogen and oxygen atoms in total. The van der Waals surface area contributed by atoms with Crippen molar-refractivity contribution in [3.63, 3.8) is 0 Å². The summed E-state index contributed by atoms with van der Waals surface area (Å²) >= 11 is 6.31. The molecule has 8 heteroatoms. The second-order valence-corrected chi connectivity index (χ2v) is 11.6. The van der Waals surface area contributed by atoms with Gasteiger partial charge in [0.15, 0.2) is 5.60 Å². The highest BCUT2D eigenvalue weighted by Crippen LogP contribution is 2.39. The van der Waals surface area contributed by atoms with Crippen molar-refractivity contribution in [2.45, 2.75) is 43.7 Å². The van der Waals surface area contributed by atoms with Crippen molar-refractivity contribution >= 4 is 28.4 Å². The number of pyridine rings is 1. The van der Waals surface area contributed by atoms with Gasteiger partial charge in [-0.3, -0.25) is 9.59 Å². The maximum Gasteiger partial charge on any atom is 0.251 e. The van der Waals surface area contributed by atoms with Crippen LogP contribution >= 0.6 is 11.6 Å². The van der Waals surface area contributed by atoms with Crippen LogP contribution in [-0.4, -0.2) is 31.2 Å². The van der Waals surface area contributed by atoms with Crippen LogP contribution < -0.4 is 10.9 Å². The number of halogens is 1. The van der Waals surface area contributed by atoms with E-state index in [1.807, 2.05) is 43.4 Å². The maximum atomic E-state index is 13.0. The number of hydrogen-bond acceptors (Lipinski definition) is 4. The van der Waals surface area contributed by atoms with Gasteiger partial charge >= 0.3 is 0 Å². The summed E-state index contributed by atoms with van der Waals surface area (Å²) in [7, 11) is 3.57. The van der Waals surface area contributed by atoms with Gasteiger partial charge in [-0.2, -0.15) is 0 Å². The zero-order valence-electron chi connectivity index (χ0n) is 23.7. The monoisotopic (exact) mass is 580 g/mol. The molecule has 2 heterocycles. The van der Waals surface area contributed by atoms with Crippen molar-refractivity contribution in [1.29, 1.82) is 0 Å². The number of rotatable bonds is 6. The van der Waals surface area contributed by atoms with Gasteiger partial charge in [0.1, 0.15) is 0 Å². The fourth-order valence-electron chi connectivity index (χ4n) is 6.13. The fourth-order valence-corrected chi connectivity index (χ4v) is 6.32. The quantitative estimate of drug-likeness (QED) is 0.260. The van der Waals surface area contributed by atoms with E-state index in [1.165, 1.54) is 6.42 Å². The van der Waals surface area contributed by atoms with Gasteiger partial charge in [0.25, 0.3) is 11.5 Å². The van der Waals surface area contributed by atoms with Gasteiger partial charge in [-0.25, -0.2) is 4.98 Å². The standard InChI is InChI=1S/C34H33ClN4O3/c1-38-21-36-20-31(38)34(42,24-13-11-22(12-14-24)33(41)37-27-9-4-3-5-10-27)25-15-16-30-29(18-25)28(19-32(40)39(30)2)23-7-6-8-26(35)17-23/h6-8,11-21,27,42H,3-5,9-10H2,1-2H3,(H,37,41). The average Bonchev–Trinajstić information content (AvgIpc) is 3.45. The number of nitrogens with one attached hydrogen (secondary N) is 1. The van der Waals surface area contributed by atoms with Gasteiger partial charge in [0, 0.05) is 42.2 Å². The molecule has 214 valence electrons. The molecule has 0 radical (unpaired) electrons. The summed E-state index contributed by atoms with van der Waals surface area (Å²) in [4.78, 5) is 30.2. The Hall–Kier alpha value is -4.20. The number of benzene rings is 3. The number of fused-ring (bicyclic) bond motifs is 1. The molecule has 1 saturated carbocycles. The smallest absolute Gasteiger partial charge is 0.251 e. The number of hydrogen-bond donors (Lipinski definition) is 2. The summed E-state index contributed by atoms with van der Waals surface area (Å²) in [6.45, 7) is 0. The molecule has 1 aliphatic carbocycles. The van der Waals surface area contributed by atoms with E-state index >= 15 is 0 Å². The Bertz CT molecular complexity index is 1840. The van der Waals surface area contributed by atoms with Crippen LogP contribution in [-0.2, 0) is 19.7 Å². The molecule has 6 rings (SSSR count). The second kappa shape index (κ2) is 11.2. The molecule has 3 aromatic carbocycles. The highest BCUT2D eigenvalue weighted by molar-refractivity contribution is 6.30. The Kier molecular flexibility index (Phi) is 7.47. The topological polar surface area (TPSA) is 89.2 Å². The van der Waals surface area contributed by atoms with E-state index in [2.05, 4.69) is 10.3 Å². The van der Waals surface area contributed by atoms with Crippen LogP contribution in [0.4, 0.5) is 0 Å². The lowest BCUT2D eigenvalue weighted by Crippen LogP contribution is -2.36. The summed E-state index contributed by atoms with van der Waals surface area (Å²) in [5, 5.41) is 17.1. The van der Waals surface area contributed by atoms with E-state index in [0.29, 0.717) is 27.4 Å². The third-order valence-corrected chi connectivity index (χ3v) is 8.73. The number of nitrogens with zero attached hydrogens (tertiary/aromatic N) is 3. The van der Waals surface area contributed by atoms with Crippen LogP contribution in [0.2, 0.25) is 5.02 Å². The van der Waals surface area contributed by atoms with Gasteiger partial charge in [-0.15, -0.1) is 0 Å². The molecule has 5 aromatic rings. The summed E-state index contributed by atoms with van der Waals surface area (Å²) in [6, 6.07) is 21.9. The predicted octanol–water partition coefficient (Wildman–Crippen LogP) is 5.94. The van der Waals surface area contributed by atoms with Gasteiger partial charge in [-0.05, 0) is 71.5 Å². The fraction of sp³-hybridized carbons (Fsp3) is 0.265. The zero-order chi connectivity index (χ0) is 29.4. The van der Waals surface area contributed by atoms with Crippen molar-refractivity contribution in [2.75, 3.05) is 0 Å². The van der Waals surface area contributed by atoms with Crippen LogP contribution in [0.5, 0.6) is 0 Å². The predicted molar refractivity (Wildman–Crippen MR) is 166 cm³/mol. The highest BCUT2D eigenvalue weighted by Gasteiger charge is 2.37. The van der Waals surface area contributed by atoms with Crippen LogP contribution in [0.3, 0.4) is 0 Å². The molecule has 0 spiro atoms. The van der Waals surface area contributed by atoms with Crippen molar-refractivity contribution in [3.8, 4) is 11.1 Å². The Morgan fingerprint density at radius 2 is 1.71 bits per heavy atom. The van der Waals surface area contributed by atoms with E-state index in [9.17, 15) is 14.7 Å². The van der Waals surface area contributed by atoms with Gasteiger partial charge in [0.2, 0.25) is 0 Å². The normalized spacial score (nSPS) is 15.4. The average molecular weight is 581 g/mol. The molecule has 2 aromatic heterocycles. The van der Waals surface area contributed by atoms with Crippen LogP contribution in [0, 0.1) is 0 Å². The Morgan fingerprint density at radius 1 is 0.976 bits per heavy atom. The first-order valence-corrected chi connectivity index (χ1v) is 14.6. The molecular weight excluding hydrogens is 548 g/mol. The van der Waals surface area contributed by atoms with E-state index in [0.717, 1.165) is 47.7 Å². The minimum Gasteiger partial charge on any atom is -0.374 e. The molecule has 1 aliphatic rings. The lowest BCUT2D eigenvalue weighted by molar-refractivity contribution is 0.0926. The summed E-state index contributed by atoms with van der Waals surface area (Å²) in [6.07, 6.45) is 8.81. The van der Waals surface area contributed by atoms with E-state index in [1.54, 1.807) is 65.1 Å². The van der Waals surface area contributed by atoms with Crippen molar-refractivity contribution in [2.24, 2.45) is 14.1 Å². The summed E-state index contributed by atoms with van der Waals surface area (Å²) in [5.74, 6) is -0.102. The molecule has 0 saturated heterocycles. The minimum absolute atomic E-state index is 0.102. The second-order valence-electron chi connectivity index (χ2n) is 11.2. The number of carbonyl (C=O) groups excluding carboxylic acids is 1. The number of imidazole rings is 1. The molecule has 0 bridgehead atoms. The molecule has 1 unspecified atom stereocenters. The van der Waals surface area contributed by atoms with Crippen LogP contribution in [0.25, 0.3) is 22.0 Å². The molecule has 1 amide bonds. The Balaban J connectivity index is 1.47. The first kappa shape index (κ1) is 27.9. The maximum absolute atomic E-state index is 13.0. The van der Waals surface area contributed by atoms with Gasteiger partial charge in [0.05, 0.1) is 23.7 Å². The highest BCUT2D eigenvalue weighted by atomic mass is 35.5. The number of amides is 1. The van der Waals surface area contributed by atoms with Crippen molar-refractivity contribution < 1.29 is 9.90 Å². The summed E-state index contributed by atoms with van der Waals surface area (Å²) in [5.41, 5.74) is 2.81. The number of carbonyl (C=O) groups is 1. The largest absolute Gasteiger partial charge is 0.374 e. The number of aromatic nitrogens is 3. The lowest BCUT2D eigenvalue weighted by Gasteiger charge is -2.30. The SMILES string of the molecule is Cn1cncc1C(O)(c1ccc(C(=O)NC2CCCCC2)cc1)c1ccc2c(c1)c(-c1cccc(Cl)c1)cc(=O)n2C. The molecule has 42 heavy (non-hydrogen) atoms. The van der Waals surface area contributed by atoms with E-state index in [4.69, 9.17) is 11.6 Å². The molecular formula is C34H33ClN4O3.